The summed E-state index contributed by atoms with van der Waals surface area (Å²) >= 11 is 0. The van der Waals surface area contributed by atoms with Gasteiger partial charge in [-0.1, -0.05) is 18.6 Å². The van der Waals surface area contributed by atoms with Crippen LogP contribution in [-0.2, 0) is 0 Å². The summed E-state index contributed by atoms with van der Waals surface area (Å²) in [6, 6.07) is 9.08. The molecule has 2 aliphatic rings. The summed E-state index contributed by atoms with van der Waals surface area (Å²) in [6.45, 7) is 4.62. The topological polar surface area (TPSA) is 32.5 Å². The monoisotopic (exact) mass is 231 g/mol. The van der Waals surface area contributed by atoms with Gasteiger partial charge in [0.1, 0.15) is 0 Å². The SMILES string of the molecule is Nc1ccccc1N1CCN(C2CCC2)CC1. The molecular weight excluding hydrogens is 210 g/mol. The van der Waals surface area contributed by atoms with Crippen molar-refractivity contribution in [3.8, 4) is 0 Å². The molecule has 1 aromatic carbocycles. The Kier molecular flexibility index (Phi) is 2.93. The van der Waals surface area contributed by atoms with E-state index in [1.807, 2.05) is 12.1 Å². The van der Waals surface area contributed by atoms with E-state index in [0.29, 0.717) is 0 Å². The Balaban J connectivity index is 1.63. The molecule has 1 saturated carbocycles. The van der Waals surface area contributed by atoms with Gasteiger partial charge in [-0.25, -0.2) is 0 Å². The number of nitrogens with zero attached hydrogens (tertiary/aromatic N) is 2. The molecule has 0 radical (unpaired) electrons. The van der Waals surface area contributed by atoms with Crippen molar-refractivity contribution in [3.63, 3.8) is 0 Å². The first kappa shape index (κ1) is 10.9. The van der Waals surface area contributed by atoms with Gasteiger partial charge in [0.15, 0.2) is 0 Å². The third kappa shape index (κ3) is 2.12. The van der Waals surface area contributed by atoms with Gasteiger partial charge in [-0.15, -0.1) is 0 Å². The minimum absolute atomic E-state index is 0.880. The lowest BCUT2D eigenvalue weighted by Crippen LogP contribution is -2.52. The molecule has 1 aliphatic heterocycles. The van der Waals surface area contributed by atoms with Crippen LogP contribution < -0.4 is 10.6 Å². The highest BCUT2D eigenvalue weighted by atomic mass is 15.3. The maximum atomic E-state index is 6.03. The molecule has 1 saturated heterocycles. The Morgan fingerprint density at radius 3 is 2.29 bits per heavy atom. The Morgan fingerprint density at radius 2 is 1.71 bits per heavy atom. The molecular formula is C14H21N3. The minimum atomic E-state index is 0.880. The second kappa shape index (κ2) is 4.57. The largest absolute Gasteiger partial charge is 0.397 e. The van der Waals surface area contributed by atoms with Crippen molar-refractivity contribution in [1.29, 1.82) is 0 Å². The van der Waals surface area contributed by atoms with Gasteiger partial charge in [-0.3, -0.25) is 4.90 Å². The number of piperazine rings is 1. The number of benzene rings is 1. The Labute approximate surface area is 103 Å². The normalized spacial score (nSPS) is 22.5. The summed E-state index contributed by atoms with van der Waals surface area (Å²) in [4.78, 5) is 5.07. The molecule has 17 heavy (non-hydrogen) atoms. The zero-order valence-corrected chi connectivity index (χ0v) is 10.3. The highest BCUT2D eigenvalue weighted by Gasteiger charge is 2.28. The number of hydrogen-bond acceptors (Lipinski definition) is 3. The average Bonchev–Trinajstić information content (AvgIpc) is 2.29. The van der Waals surface area contributed by atoms with Crippen molar-refractivity contribution in [1.82, 2.24) is 4.90 Å². The number of rotatable bonds is 2. The van der Waals surface area contributed by atoms with Crippen LogP contribution in [0.1, 0.15) is 19.3 Å². The molecule has 2 N–H and O–H groups in total. The highest BCUT2D eigenvalue weighted by molar-refractivity contribution is 5.67. The fraction of sp³-hybridized carbons (Fsp3) is 0.571. The molecule has 1 aliphatic carbocycles. The van der Waals surface area contributed by atoms with E-state index in [2.05, 4.69) is 21.9 Å². The second-order valence-electron chi connectivity index (χ2n) is 5.17. The fourth-order valence-corrected chi connectivity index (χ4v) is 2.86. The van der Waals surface area contributed by atoms with Gasteiger partial charge < -0.3 is 10.6 Å². The average molecular weight is 231 g/mol. The first-order valence-electron chi connectivity index (χ1n) is 6.68. The summed E-state index contributed by atoms with van der Waals surface area (Å²) < 4.78 is 0. The van der Waals surface area contributed by atoms with Crippen molar-refractivity contribution in [2.24, 2.45) is 0 Å². The third-order valence-electron chi connectivity index (χ3n) is 4.18. The van der Waals surface area contributed by atoms with Crippen LogP contribution in [-0.4, -0.2) is 37.1 Å². The quantitative estimate of drug-likeness (QED) is 0.790. The molecule has 3 rings (SSSR count). The zero-order chi connectivity index (χ0) is 11.7. The molecule has 0 aromatic heterocycles. The second-order valence-corrected chi connectivity index (χ2v) is 5.17. The maximum absolute atomic E-state index is 6.03. The number of hydrogen-bond donors (Lipinski definition) is 1. The summed E-state index contributed by atoms with van der Waals surface area (Å²) in [7, 11) is 0. The predicted octanol–water partition coefficient (Wildman–Crippen LogP) is 1.94. The van der Waals surface area contributed by atoms with Crippen LogP contribution in [0.4, 0.5) is 11.4 Å². The first-order chi connectivity index (χ1) is 8.34. The highest BCUT2D eigenvalue weighted by Crippen LogP contribution is 2.28. The van der Waals surface area contributed by atoms with Crippen LogP contribution in [0.2, 0.25) is 0 Å². The van der Waals surface area contributed by atoms with E-state index in [-0.39, 0.29) is 0 Å². The zero-order valence-electron chi connectivity index (χ0n) is 10.3. The van der Waals surface area contributed by atoms with Gasteiger partial charge in [0.2, 0.25) is 0 Å². The third-order valence-corrected chi connectivity index (χ3v) is 4.18. The molecule has 3 nitrogen and oxygen atoms in total. The lowest BCUT2D eigenvalue weighted by molar-refractivity contribution is 0.120. The molecule has 3 heteroatoms. The van der Waals surface area contributed by atoms with Gasteiger partial charge in [-0.05, 0) is 25.0 Å². The number of anilines is 2. The fourth-order valence-electron chi connectivity index (χ4n) is 2.86. The molecule has 0 bridgehead atoms. The van der Waals surface area contributed by atoms with Gasteiger partial charge in [0.25, 0.3) is 0 Å². The summed E-state index contributed by atoms with van der Waals surface area (Å²) in [5.74, 6) is 0. The molecule has 0 amide bonds. The van der Waals surface area contributed by atoms with Gasteiger partial charge in [-0.2, -0.15) is 0 Å². The van der Waals surface area contributed by atoms with Crippen molar-refractivity contribution in [2.45, 2.75) is 25.3 Å². The van der Waals surface area contributed by atoms with Crippen molar-refractivity contribution >= 4 is 11.4 Å². The predicted molar refractivity (Wildman–Crippen MR) is 72.3 cm³/mol. The number of para-hydroxylation sites is 2. The number of nitrogen functional groups attached to an aromatic ring is 1. The minimum Gasteiger partial charge on any atom is -0.397 e. The van der Waals surface area contributed by atoms with Gasteiger partial charge in [0, 0.05) is 32.2 Å². The standard InChI is InChI=1S/C14H21N3/c15-13-6-1-2-7-14(13)17-10-8-16(9-11-17)12-4-3-5-12/h1-2,6-7,12H,3-5,8-11,15H2. The summed E-state index contributed by atoms with van der Waals surface area (Å²) in [5, 5.41) is 0. The summed E-state index contributed by atoms with van der Waals surface area (Å²) in [5.41, 5.74) is 8.14. The van der Waals surface area contributed by atoms with Crippen molar-refractivity contribution in [3.05, 3.63) is 24.3 Å². The van der Waals surface area contributed by atoms with E-state index < -0.39 is 0 Å². The van der Waals surface area contributed by atoms with Gasteiger partial charge >= 0.3 is 0 Å². The van der Waals surface area contributed by atoms with Crippen LogP contribution in [0, 0.1) is 0 Å². The molecule has 1 aromatic rings. The molecule has 1 heterocycles. The van der Waals surface area contributed by atoms with Crippen LogP contribution in [0.3, 0.4) is 0 Å². The lowest BCUT2D eigenvalue weighted by atomic mass is 9.91. The van der Waals surface area contributed by atoms with Crippen molar-refractivity contribution in [2.75, 3.05) is 36.8 Å². The van der Waals surface area contributed by atoms with E-state index >= 15 is 0 Å². The molecule has 92 valence electrons. The van der Waals surface area contributed by atoms with E-state index in [9.17, 15) is 0 Å². The maximum Gasteiger partial charge on any atom is 0.0600 e. The van der Waals surface area contributed by atoms with Crippen LogP contribution in [0.15, 0.2) is 24.3 Å². The van der Waals surface area contributed by atoms with Crippen LogP contribution in [0.5, 0.6) is 0 Å². The smallest absolute Gasteiger partial charge is 0.0600 e. The van der Waals surface area contributed by atoms with E-state index in [0.717, 1.165) is 24.8 Å². The van der Waals surface area contributed by atoms with Crippen LogP contribution in [0.25, 0.3) is 0 Å². The molecule has 0 unspecified atom stereocenters. The van der Waals surface area contributed by atoms with Crippen LogP contribution >= 0.6 is 0 Å². The van der Waals surface area contributed by atoms with Gasteiger partial charge in [0.05, 0.1) is 11.4 Å². The van der Waals surface area contributed by atoms with Crippen molar-refractivity contribution < 1.29 is 0 Å². The van der Waals surface area contributed by atoms with E-state index in [1.54, 1.807) is 0 Å². The van der Waals surface area contributed by atoms with E-state index in [4.69, 9.17) is 5.73 Å². The van der Waals surface area contributed by atoms with E-state index in [1.165, 1.54) is 38.0 Å². The number of nitrogens with two attached hydrogens (primary N) is 1. The molecule has 2 fully saturated rings. The Hall–Kier alpha value is -1.22. The lowest BCUT2D eigenvalue weighted by Gasteiger charge is -2.43. The Morgan fingerprint density at radius 1 is 1.00 bits per heavy atom. The molecule has 0 atom stereocenters. The molecule has 0 spiro atoms. The summed E-state index contributed by atoms with van der Waals surface area (Å²) in [6.07, 6.45) is 4.25. The first-order valence-corrected chi connectivity index (χ1v) is 6.68. The Bertz CT molecular complexity index is 379.